The van der Waals surface area contributed by atoms with Crippen molar-refractivity contribution in [2.24, 2.45) is 17.8 Å². The Morgan fingerprint density at radius 3 is 2.12 bits per heavy atom. The molecule has 2 heteroatoms. The van der Waals surface area contributed by atoms with Crippen LogP contribution in [0.5, 0.6) is 0 Å². The van der Waals surface area contributed by atoms with Crippen LogP contribution in [0.25, 0.3) is 0 Å². The quantitative estimate of drug-likeness (QED) is 0.0856. The molecule has 270 valence electrons. The van der Waals surface area contributed by atoms with Gasteiger partial charge in [0.15, 0.2) is 0 Å². The smallest absolute Gasteiger partial charge is 0.0180 e. The van der Waals surface area contributed by atoms with E-state index in [2.05, 4.69) is 96.7 Å². The molecule has 3 rings (SSSR count). The maximum absolute atomic E-state index is 7.49. The first-order valence-corrected chi connectivity index (χ1v) is 19.1. The lowest BCUT2D eigenvalue weighted by molar-refractivity contribution is 0.259. The van der Waals surface area contributed by atoms with Crippen molar-refractivity contribution in [3.8, 4) is 0 Å². The molecule has 1 N–H and O–H groups in total. The second kappa shape index (κ2) is 31.2. The van der Waals surface area contributed by atoms with Gasteiger partial charge in [-0.2, -0.15) is 0 Å². The summed E-state index contributed by atoms with van der Waals surface area (Å²) in [5.41, 5.74) is 10.9. The summed E-state index contributed by atoms with van der Waals surface area (Å²) in [6.45, 7) is 30.4. The van der Waals surface area contributed by atoms with E-state index in [0.717, 1.165) is 43.1 Å². The fourth-order valence-corrected chi connectivity index (χ4v) is 5.20. The largest absolute Gasteiger partial charge is 0.358 e. The van der Waals surface area contributed by atoms with Gasteiger partial charge in [-0.05, 0) is 106 Å². The lowest BCUT2D eigenvalue weighted by Gasteiger charge is -2.27. The van der Waals surface area contributed by atoms with E-state index in [9.17, 15) is 0 Å². The van der Waals surface area contributed by atoms with Crippen LogP contribution < -0.4 is 0 Å². The molecular weight excluding hydrogens is 581 g/mol. The van der Waals surface area contributed by atoms with E-state index >= 15 is 0 Å². The molecule has 48 heavy (non-hydrogen) atoms. The molecular formula is C46H76N2. The molecule has 0 saturated heterocycles. The molecule has 0 aromatic carbocycles. The number of hydrogen-bond acceptors (Lipinski definition) is 2. The SMILES string of the molecule is C1CC1.C=C/C(=C\C1=C=C(C)CCC=C1)C/C=C\C(=C/C=N)CCC1CCC(CC)CC1.C=CN(C)/C=C(\C)C(C)C(=C)C.CC.CC. The van der Waals surface area contributed by atoms with Gasteiger partial charge in [-0.3, -0.25) is 0 Å². The van der Waals surface area contributed by atoms with Crippen LogP contribution in [-0.4, -0.2) is 18.2 Å². The maximum atomic E-state index is 7.49. The molecule has 3 aliphatic rings. The predicted molar refractivity (Wildman–Crippen MR) is 221 cm³/mol. The Bertz CT molecular complexity index is 1120. The van der Waals surface area contributed by atoms with Crippen molar-refractivity contribution < 1.29 is 0 Å². The molecule has 1 unspecified atom stereocenters. The highest BCUT2D eigenvalue weighted by Gasteiger charge is 2.19. The summed E-state index contributed by atoms with van der Waals surface area (Å²) in [4.78, 5) is 1.95. The van der Waals surface area contributed by atoms with Crippen LogP contribution in [0.4, 0.5) is 0 Å². The Labute approximate surface area is 300 Å². The zero-order valence-electron chi connectivity index (χ0n) is 33.3. The average molecular weight is 657 g/mol. The predicted octanol–water partition coefficient (Wildman–Crippen LogP) is 14.8. The minimum atomic E-state index is 0.451. The third kappa shape index (κ3) is 25.0. The molecule has 2 saturated carbocycles. The zero-order valence-corrected chi connectivity index (χ0v) is 33.3. The molecule has 0 aromatic rings. The number of rotatable bonds is 14. The van der Waals surface area contributed by atoms with Crippen LogP contribution in [0.2, 0.25) is 0 Å². The molecule has 2 fully saturated rings. The van der Waals surface area contributed by atoms with Crippen LogP contribution in [0, 0.1) is 23.2 Å². The van der Waals surface area contributed by atoms with Crippen LogP contribution in [0.1, 0.15) is 146 Å². The monoisotopic (exact) mass is 657 g/mol. The molecule has 0 aliphatic heterocycles. The molecule has 0 aromatic heterocycles. The lowest BCUT2D eigenvalue weighted by Crippen LogP contribution is -2.13. The summed E-state index contributed by atoms with van der Waals surface area (Å²) in [5.74, 6) is 2.28. The summed E-state index contributed by atoms with van der Waals surface area (Å²) >= 11 is 0. The standard InChI is InChI=1S/C28H39N.C11H19N.C3H6.2C2H6/c1-4-24-13-15-27(16-14-24)18-17-26(19-20-29)12-8-11-25(5-2)22-28-10-7-6-9-23(3)21-28;1-7-12(6)8-10(4)11(5)9(2)3;1-2-3-1;2*1-2/h5,7-8,10,12,19-20,22,24,27,29H,2,4,6,9,11,13-18H2,1,3H3;7-8,11H,1-2H2,3-6H3;1-3H2;2*1-2H3/b12-8-,25-22+,26-19+,29-20?;10-8+;;;. The van der Waals surface area contributed by atoms with E-state index in [1.54, 1.807) is 6.20 Å². The van der Waals surface area contributed by atoms with Crippen LogP contribution in [-0.2, 0) is 0 Å². The van der Waals surface area contributed by atoms with Gasteiger partial charge in [0.1, 0.15) is 0 Å². The number of nitrogens with zero attached hydrogens (tertiary/aromatic N) is 1. The van der Waals surface area contributed by atoms with Crippen molar-refractivity contribution in [2.75, 3.05) is 7.05 Å². The molecule has 0 spiro atoms. The zero-order chi connectivity index (χ0) is 36.7. The van der Waals surface area contributed by atoms with Gasteiger partial charge >= 0.3 is 0 Å². The number of hydrogen-bond donors (Lipinski definition) is 1. The maximum Gasteiger partial charge on any atom is 0.0180 e. The molecule has 2 nitrogen and oxygen atoms in total. The Morgan fingerprint density at radius 2 is 1.62 bits per heavy atom. The Balaban J connectivity index is 0. The molecule has 1 atom stereocenters. The number of allylic oxidation sites excluding steroid dienone is 12. The molecule has 0 heterocycles. The van der Waals surface area contributed by atoms with Crippen molar-refractivity contribution in [3.63, 3.8) is 0 Å². The first kappa shape index (κ1) is 47.0. The normalized spacial score (nSPS) is 19.4. The van der Waals surface area contributed by atoms with E-state index in [4.69, 9.17) is 5.41 Å². The fourth-order valence-electron chi connectivity index (χ4n) is 5.20. The van der Waals surface area contributed by atoms with Crippen LogP contribution in [0.3, 0.4) is 0 Å². The third-order valence-corrected chi connectivity index (χ3v) is 8.78. The first-order chi connectivity index (χ1) is 23.1. The molecule has 0 amide bonds. The molecule has 0 radical (unpaired) electrons. The van der Waals surface area contributed by atoms with Crippen molar-refractivity contribution in [1.29, 1.82) is 5.41 Å². The Morgan fingerprint density at radius 1 is 1.02 bits per heavy atom. The minimum absolute atomic E-state index is 0.451. The number of nitrogens with one attached hydrogen (secondary N) is 1. The van der Waals surface area contributed by atoms with Gasteiger partial charge in [-0.15, -0.1) is 5.73 Å². The minimum Gasteiger partial charge on any atom is -0.358 e. The van der Waals surface area contributed by atoms with E-state index in [1.165, 1.54) is 91.9 Å². The second-order valence-corrected chi connectivity index (χ2v) is 12.9. The van der Waals surface area contributed by atoms with Gasteiger partial charge in [-0.25, -0.2) is 0 Å². The van der Waals surface area contributed by atoms with E-state index in [1.807, 2.05) is 51.8 Å². The second-order valence-electron chi connectivity index (χ2n) is 12.9. The molecule has 0 bridgehead atoms. The van der Waals surface area contributed by atoms with Gasteiger partial charge in [0.25, 0.3) is 0 Å². The summed E-state index contributed by atoms with van der Waals surface area (Å²) < 4.78 is 0. The lowest BCUT2D eigenvalue weighted by atomic mass is 9.78. The van der Waals surface area contributed by atoms with Crippen molar-refractivity contribution in [2.45, 2.75) is 146 Å². The van der Waals surface area contributed by atoms with E-state index in [-0.39, 0.29) is 0 Å². The summed E-state index contributed by atoms with van der Waals surface area (Å²) in [5, 5.41) is 7.49. The summed E-state index contributed by atoms with van der Waals surface area (Å²) in [6.07, 6.45) is 37.0. The van der Waals surface area contributed by atoms with Gasteiger partial charge < -0.3 is 10.3 Å². The van der Waals surface area contributed by atoms with Crippen molar-refractivity contribution in [1.82, 2.24) is 4.90 Å². The Hall–Kier alpha value is -3.09. The van der Waals surface area contributed by atoms with Crippen molar-refractivity contribution >= 4 is 6.21 Å². The van der Waals surface area contributed by atoms with Gasteiger partial charge in [-0.1, -0.05) is 154 Å². The topological polar surface area (TPSA) is 27.1 Å². The van der Waals surface area contributed by atoms with E-state index < -0.39 is 0 Å². The van der Waals surface area contributed by atoms with E-state index in [0.29, 0.717) is 5.92 Å². The van der Waals surface area contributed by atoms with Gasteiger partial charge in [0.2, 0.25) is 0 Å². The van der Waals surface area contributed by atoms with Crippen molar-refractivity contribution in [3.05, 3.63) is 114 Å². The summed E-state index contributed by atoms with van der Waals surface area (Å²) in [7, 11) is 1.97. The average Bonchev–Trinajstić information content (AvgIpc) is 4.01. The van der Waals surface area contributed by atoms with Crippen LogP contribution in [0.15, 0.2) is 114 Å². The van der Waals surface area contributed by atoms with Crippen LogP contribution >= 0.6 is 0 Å². The third-order valence-electron chi connectivity index (χ3n) is 8.78. The van der Waals surface area contributed by atoms with Gasteiger partial charge in [0, 0.05) is 25.0 Å². The fraction of sp³-hybridized carbons (Fsp3) is 0.565. The van der Waals surface area contributed by atoms with Gasteiger partial charge in [0.05, 0.1) is 0 Å². The highest BCUT2D eigenvalue weighted by molar-refractivity contribution is 5.69. The highest BCUT2D eigenvalue weighted by atomic mass is 15.0. The highest BCUT2D eigenvalue weighted by Crippen LogP contribution is 2.33. The summed E-state index contributed by atoms with van der Waals surface area (Å²) in [6, 6.07) is 0. The Kier molecular flexibility index (Phi) is 30.6. The molecule has 3 aliphatic carbocycles. The first-order valence-electron chi connectivity index (χ1n) is 19.1.